The van der Waals surface area contributed by atoms with E-state index in [0.29, 0.717) is 17.5 Å². The van der Waals surface area contributed by atoms with Crippen LogP contribution in [0, 0.1) is 5.92 Å². The second kappa shape index (κ2) is 4.26. The summed E-state index contributed by atoms with van der Waals surface area (Å²) in [5.74, 6) is 1.99. The van der Waals surface area contributed by atoms with Crippen molar-refractivity contribution in [2.75, 3.05) is 0 Å². The Hall–Kier alpha value is -1.64. The highest BCUT2D eigenvalue weighted by Crippen LogP contribution is 2.15. The van der Waals surface area contributed by atoms with Crippen molar-refractivity contribution in [1.82, 2.24) is 9.97 Å². The molecular formula is C12H14N2O. The van der Waals surface area contributed by atoms with Crippen LogP contribution < -0.4 is 0 Å². The Kier molecular flexibility index (Phi) is 2.81. The number of furan rings is 1. The van der Waals surface area contributed by atoms with Crippen LogP contribution in [-0.2, 0) is 6.42 Å². The first-order chi connectivity index (χ1) is 7.25. The summed E-state index contributed by atoms with van der Waals surface area (Å²) in [6, 6.07) is 3.69. The molecule has 2 aromatic rings. The number of nitrogens with zero attached hydrogens (tertiary/aromatic N) is 2. The molecule has 2 heterocycles. The molecule has 3 heteroatoms. The number of rotatable bonds is 3. The average Bonchev–Trinajstić information content (AvgIpc) is 2.71. The minimum atomic E-state index is 0.628. The monoisotopic (exact) mass is 202 g/mol. The molecule has 0 saturated heterocycles. The van der Waals surface area contributed by atoms with Crippen molar-refractivity contribution in [1.29, 1.82) is 0 Å². The highest BCUT2D eigenvalue weighted by Gasteiger charge is 2.04. The molecule has 0 fully saturated rings. The predicted octanol–water partition coefficient (Wildman–Crippen LogP) is 2.94. The fraction of sp³-hybridized carbons (Fsp3) is 0.333. The van der Waals surface area contributed by atoms with Gasteiger partial charge in [-0.1, -0.05) is 13.8 Å². The van der Waals surface area contributed by atoms with Crippen molar-refractivity contribution in [2.24, 2.45) is 5.92 Å². The van der Waals surface area contributed by atoms with E-state index in [1.165, 1.54) is 5.56 Å². The molecule has 0 saturated carbocycles. The fourth-order valence-corrected chi connectivity index (χ4v) is 1.46. The van der Waals surface area contributed by atoms with Crippen molar-refractivity contribution in [3.05, 3.63) is 36.4 Å². The van der Waals surface area contributed by atoms with Gasteiger partial charge in [0.25, 0.3) is 0 Å². The van der Waals surface area contributed by atoms with Gasteiger partial charge in [-0.25, -0.2) is 9.97 Å². The molecule has 2 aromatic heterocycles. The maximum Gasteiger partial charge on any atom is 0.195 e. The average molecular weight is 202 g/mol. The predicted molar refractivity (Wildman–Crippen MR) is 58.3 cm³/mol. The van der Waals surface area contributed by atoms with Gasteiger partial charge in [-0.2, -0.15) is 0 Å². The summed E-state index contributed by atoms with van der Waals surface area (Å²) in [6.07, 6.45) is 6.37. The first kappa shape index (κ1) is 9.90. The largest absolute Gasteiger partial charge is 0.461 e. The van der Waals surface area contributed by atoms with Crippen LogP contribution in [0.25, 0.3) is 11.6 Å². The summed E-state index contributed by atoms with van der Waals surface area (Å²) in [7, 11) is 0. The molecule has 2 rings (SSSR count). The zero-order valence-corrected chi connectivity index (χ0v) is 8.97. The van der Waals surface area contributed by atoms with E-state index in [-0.39, 0.29) is 0 Å². The molecule has 0 radical (unpaired) electrons. The molecule has 0 unspecified atom stereocenters. The van der Waals surface area contributed by atoms with Crippen LogP contribution in [-0.4, -0.2) is 9.97 Å². The minimum absolute atomic E-state index is 0.628. The van der Waals surface area contributed by atoms with Crippen LogP contribution >= 0.6 is 0 Å². The van der Waals surface area contributed by atoms with Gasteiger partial charge in [0.05, 0.1) is 6.26 Å². The van der Waals surface area contributed by atoms with Gasteiger partial charge < -0.3 is 4.42 Å². The van der Waals surface area contributed by atoms with Crippen LogP contribution in [0.4, 0.5) is 0 Å². The first-order valence-electron chi connectivity index (χ1n) is 5.10. The van der Waals surface area contributed by atoms with Gasteiger partial charge in [0.1, 0.15) is 0 Å². The van der Waals surface area contributed by atoms with Gasteiger partial charge in [-0.3, -0.25) is 0 Å². The van der Waals surface area contributed by atoms with Gasteiger partial charge >= 0.3 is 0 Å². The minimum Gasteiger partial charge on any atom is -0.461 e. The van der Waals surface area contributed by atoms with Gasteiger partial charge in [-0.15, -0.1) is 0 Å². The van der Waals surface area contributed by atoms with E-state index in [4.69, 9.17) is 4.42 Å². The van der Waals surface area contributed by atoms with Crippen molar-refractivity contribution in [2.45, 2.75) is 20.3 Å². The summed E-state index contributed by atoms with van der Waals surface area (Å²) in [5, 5.41) is 0. The lowest BCUT2D eigenvalue weighted by atomic mass is 10.1. The fourth-order valence-electron chi connectivity index (χ4n) is 1.46. The summed E-state index contributed by atoms with van der Waals surface area (Å²) in [5.41, 5.74) is 1.17. The van der Waals surface area contributed by atoms with Gasteiger partial charge in [0, 0.05) is 12.4 Å². The molecule has 0 bridgehead atoms. The quantitative estimate of drug-likeness (QED) is 0.768. The Balaban J connectivity index is 2.17. The Labute approximate surface area is 89.2 Å². The third-order valence-corrected chi connectivity index (χ3v) is 2.09. The normalized spacial score (nSPS) is 10.9. The molecule has 0 aliphatic heterocycles. The number of hydrogen-bond acceptors (Lipinski definition) is 3. The molecule has 0 atom stereocenters. The molecule has 0 N–H and O–H groups in total. The van der Waals surface area contributed by atoms with Gasteiger partial charge in [0.2, 0.25) is 0 Å². The smallest absolute Gasteiger partial charge is 0.195 e. The Morgan fingerprint density at radius 1 is 1.27 bits per heavy atom. The number of hydrogen-bond donors (Lipinski definition) is 0. The highest BCUT2D eigenvalue weighted by atomic mass is 16.3. The van der Waals surface area contributed by atoms with Crippen LogP contribution in [0.3, 0.4) is 0 Å². The second-order valence-corrected chi connectivity index (χ2v) is 3.99. The summed E-state index contributed by atoms with van der Waals surface area (Å²) in [4.78, 5) is 8.54. The van der Waals surface area contributed by atoms with Gasteiger partial charge in [-0.05, 0) is 30.0 Å². The molecule has 0 aliphatic rings. The molecule has 0 amide bonds. The van der Waals surface area contributed by atoms with Crippen LogP contribution in [0.5, 0.6) is 0 Å². The summed E-state index contributed by atoms with van der Waals surface area (Å²) >= 11 is 0. The summed E-state index contributed by atoms with van der Waals surface area (Å²) in [6.45, 7) is 4.36. The van der Waals surface area contributed by atoms with E-state index < -0.39 is 0 Å². The Morgan fingerprint density at radius 3 is 2.53 bits per heavy atom. The lowest BCUT2D eigenvalue weighted by Crippen LogP contribution is -1.97. The third-order valence-electron chi connectivity index (χ3n) is 2.09. The lowest BCUT2D eigenvalue weighted by molar-refractivity contribution is 0.576. The molecule has 78 valence electrons. The van der Waals surface area contributed by atoms with E-state index in [9.17, 15) is 0 Å². The third kappa shape index (κ3) is 2.43. The zero-order chi connectivity index (χ0) is 10.7. The summed E-state index contributed by atoms with van der Waals surface area (Å²) < 4.78 is 5.22. The molecule has 0 spiro atoms. The molecule has 15 heavy (non-hydrogen) atoms. The van der Waals surface area contributed by atoms with Crippen molar-refractivity contribution in [3.63, 3.8) is 0 Å². The van der Waals surface area contributed by atoms with E-state index in [1.54, 1.807) is 6.26 Å². The van der Waals surface area contributed by atoms with Crippen molar-refractivity contribution < 1.29 is 4.42 Å². The molecule has 3 nitrogen and oxygen atoms in total. The van der Waals surface area contributed by atoms with E-state index in [1.807, 2.05) is 24.5 Å². The Morgan fingerprint density at radius 2 is 2.00 bits per heavy atom. The van der Waals surface area contributed by atoms with Gasteiger partial charge in [0.15, 0.2) is 11.6 Å². The SMILES string of the molecule is CC(C)Cc1cnc(-c2ccco2)nc1. The van der Waals surface area contributed by atoms with Crippen LogP contribution in [0.15, 0.2) is 35.2 Å². The topological polar surface area (TPSA) is 38.9 Å². The van der Waals surface area contributed by atoms with Crippen molar-refractivity contribution in [3.8, 4) is 11.6 Å². The first-order valence-corrected chi connectivity index (χ1v) is 5.10. The second-order valence-electron chi connectivity index (χ2n) is 3.99. The van der Waals surface area contributed by atoms with E-state index in [0.717, 1.165) is 6.42 Å². The van der Waals surface area contributed by atoms with E-state index in [2.05, 4.69) is 23.8 Å². The zero-order valence-electron chi connectivity index (χ0n) is 8.97. The molecular weight excluding hydrogens is 188 g/mol. The molecule has 0 aromatic carbocycles. The maximum atomic E-state index is 5.22. The lowest BCUT2D eigenvalue weighted by Gasteiger charge is -2.03. The maximum absolute atomic E-state index is 5.22. The number of aromatic nitrogens is 2. The Bertz CT molecular complexity index is 404. The van der Waals surface area contributed by atoms with Crippen molar-refractivity contribution >= 4 is 0 Å². The standard InChI is InChI=1S/C12H14N2O/c1-9(2)6-10-7-13-12(14-8-10)11-4-3-5-15-11/h3-5,7-9H,6H2,1-2H3. The van der Waals surface area contributed by atoms with Crippen LogP contribution in [0.1, 0.15) is 19.4 Å². The van der Waals surface area contributed by atoms with Crippen LogP contribution in [0.2, 0.25) is 0 Å². The highest BCUT2D eigenvalue weighted by molar-refractivity contribution is 5.45. The molecule has 0 aliphatic carbocycles. The van der Waals surface area contributed by atoms with E-state index >= 15 is 0 Å².